The maximum atomic E-state index is 11.5. The van der Waals surface area contributed by atoms with E-state index >= 15 is 0 Å². The Morgan fingerprint density at radius 3 is 2.69 bits per heavy atom. The molecule has 0 spiro atoms. The van der Waals surface area contributed by atoms with Crippen LogP contribution in [0.5, 0.6) is 0 Å². The van der Waals surface area contributed by atoms with Crippen molar-refractivity contribution in [1.82, 2.24) is 4.98 Å². The fourth-order valence-corrected chi connectivity index (χ4v) is 1.75. The Morgan fingerprint density at radius 1 is 1.31 bits per heavy atom. The lowest BCUT2D eigenvalue weighted by molar-refractivity contribution is 0.280. The minimum atomic E-state index is -0.225. The first-order chi connectivity index (χ1) is 7.61. The lowest BCUT2D eigenvalue weighted by Gasteiger charge is -2.07. The van der Waals surface area contributed by atoms with Gasteiger partial charge in [0.1, 0.15) is 0 Å². The van der Waals surface area contributed by atoms with Crippen molar-refractivity contribution in [2.24, 2.45) is 0 Å². The van der Waals surface area contributed by atoms with E-state index in [1.807, 2.05) is 12.1 Å². The minimum Gasteiger partial charge on any atom is -0.391 e. The van der Waals surface area contributed by atoms with E-state index in [-0.39, 0.29) is 12.2 Å². The number of pyridine rings is 1. The van der Waals surface area contributed by atoms with Crippen LogP contribution in [0, 0.1) is 0 Å². The molecule has 3 heteroatoms. The zero-order valence-electron chi connectivity index (χ0n) is 9.45. The SMILES string of the molecule is CC(C)c1ccc2[nH]c(=O)c(CO)cc2c1. The van der Waals surface area contributed by atoms with E-state index in [0.29, 0.717) is 11.5 Å². The average molecular weight is 217 g/mol. The molecule has 0 aliphatic rings. The standard InChI is InChI=1S/C13H15NO2/c1-8(2)9-3-4-12-10(5-9)6-11(7-15)13(16)14-12/h3-6,8,15H,7H2,1-2H3,(H,14,16). The van der Waals surface area contributed by atoms with Crippen LogP contribution < -0.4 is 5.56 Å². The number of H-pyrrole nitrogens is 1. The van der Waals surface area contributed by atoms with E-state index in [0.717, 1.165) is 10.9 Å². The molecule has 0 bridgehead atoms. The minimum absolute atomic E-state index is 0.215. The summed E-state index contributed by atoms with van der Waals surface area (Å²) in [5.74, 6) is 0.453. The Bertz CT molecular complexity index is 570. The van der Waals surface area contributed by atoms with Gasteiger partial charge < -0.3 is 10.1 Å². The highest BCUT2D eigenvalue weighted by molar-refractivity contribution is 5.79. The molecular weight excluding hydrogens is 202 g/mol. The van der Waals surface area contributed by atoms with Crippen LogP contribution in [0.25, 0.3) is 10.9 Å². The van der Waals surface area contributed by atoms with Crippen LogP contribution >= 0.6 is 0 Å². The van der Waals surface area contributed by atoms with Gasteiger partial charge in [0.05, 0.1) is 6.61 Å². The van der Waals surface area contributed by atoms with E-state index in [4.69, 9.17) is 5.11 Å². The fraction of sp³-hybridized carbons (Fsp3) is 0.308. The van der Waals surface area contributed by atoms with Crippen molar-refractivity contribution < 1.29 is 5.11 Å². The molecule has 84 valence electrons. The molecule has 1 aromatic heterocycles. The van der Waals surface area contributed by atoms with Crippen LogP contribution in [0.2, 0.25) is 0 Å². The Morgan fingerprint density at radius 2 is 2.06 bits per heavy atom. The van der Waals surface area contributed by atoms with Gasteiger partial charge >= 0.3 is 0 Å². The monoisotopic (exact) mass is 217 g/mol. The molecule has 16 heavy (non-hydrogen) atoms. The molecular formula is C13H15NO2. The smallest absolute Gasteiger partial charge is 0.253 e. The van der Waals surface area contributed by atoms with Gasteiger partial charge in [-0.15, -0.1) is 0 Å². The van der Waals surface area contributed by atoms with E-state index in [1.165, 1.54) is 5.56 Å². The van der Waals surface area contributed by atoms with Crippen molar-refractivity contribution in [2.45, 2.75) is 26.4 Å². The van der Waals surface area contributed by atoms with Crippen LogP contribution in [0.3, 0.4) is 0 Å². The van der Waals surface area contributed by atoms with E-state index in [1.54, 1.807) is 6.07 Å². The van der Waals surface area contributed by atoms with Crippen molar-refractivity contribution in [2.75, 3.05) is 0 Å². The molecule has 2 N–H and O–H groups in total. The highest BCUT2D eigenvalue weighted by Crippen LogP contribution is 2.19. The van der Waals surface area contributed by atoms with Gasteiger partial charge in [-0.1, -0.05) is 19.9 Å². The number of aromatic nitrogens is 1. The summed E-state index contributed by atoms with van der Waals surface area (Å²) in [5, 5.41) is 10.0. The summed E-state index contributed by atoms with van der Waals surface area (Å²) < 4.78 is 0. The van der Waals surface area contributed by atoms with Crippen LogP contribution in [-0.2, 0) is 6.61 Å². The van der Waals surface area contributed by atoms with Gasteiger partial charge in [-0.3, -0.25) is 4.79 Å². The molecule has 0 aliphatic carbocycles. The predicted octanol–water partition coefficient (Wildman–Crippen LogP) is 2.14. The number of aliphatic hydroxyl groups excluding tert-OH is 1. The van der Waals surface area contributed by atoms with Crippen molar-refractivity contribution in [3.05, 3.63) is 45.7 Å². The van der Waals surface area contributed by atoms with E-state index < -0.39 is 0 Å². The van der Waals surface area contributed by atoms with E-state index in [2.05, 4.69) is 24.9 Å². The first-order valence-electron chi connectivity index (χ1n) is 5.38. The largest absolute Gasteiger partial charge is 0.391 e. The van der Waals surface area contributed by atoms with Gasteiger partial charge in [0.2, 0.25) is 0 Å². The Hall–Kier alpha value is -1.61. The molecule has 0 atom stereocenters. The molecule has 3 nitrogen and oxygen atoms in total. The maximum absolute atomic E-state index is 11.5. The van der Waals surface area contributed by atoms with Gasteiger partial charge in [-0.05, 0) is 35.1 Å². The molecule has 1 aromatic carbocycles. The normalized spacial score (nSPS) is 11.2. The van der Waals surface area contributed by atoms with Crippen molar-refractivity contribution in [1.29, 1.82) is 0 Å². The quantitative estimate of drug-likeness (QED) is 0.809. The lowest BCUT2D eigenvalue weighted by Crippen LogP contribution is -2.12. The second kappa shape index (κ2) is 4.10. The topological polar surface area (TPSA) is 53.1 Å². The second-order valence-electron chi connectivity index (χ2n) is 4.28. The third-order valence-electron chi connectivity index (χ3n) is 2.78. The fourth-order valence-electron chi connectivity index (χ4n) is 1.75. The van der Waals surface area contributed by atoms with Gasteiger partial charge in [0.15, 0.2) is 0 Å². The lowest BCUT2D eigenvalue weighted by atomic mass is 10.0. The van der Waals surface area contributed by atoms with Crippen molar-refractivity contribution in [3.8, 4) is 0 Å². The summed E-state index contributed by atoms with van der Waals surface area (Å²) in [6.07, 6.45) is 0. The van der Waals surface area contributed by atoms with Gasteiger partial charge in [0.25, 0.3) is 5.56 Å². The Balaban J connectivity index is 2.68. The molecule has 0 unspecified atom stereocenters. The van der Waals surface area contributed by atoms with Crippen LogP contribution in [0.4, 0.5) is 0 Å². The summed E-state index contributed by atoms with van der Waals surface area (Å²) in [5.41, 5.74) is 2.23. The van der Waals surface area contributed by atoms with Gasteiger partial charge in [-0.25, -0.2) is 0 Å². The summed E-state index contributed by atoms with van der Waals surface area (Å²) in [4.78, 5) is 14.2. The van der Waals surface area contributed by atoms with E-state index in [9.17, 15) is 4.79 Å². The van der Waals surface area contributed by atoms with Gasteiger partial charge in [0, 0.05) is 11.1 Å². The highest BCUT2D eigenvalue weighted by atomic mass is 16.3. The molecule has 0 amide bonds. The molecule has 1 heterocycles. The second-order valence-corrected chi connectivity index (χ2v) is 4.28. The molecule has 0 radical (unpaired) electrons. The molecule has 0 aliphatic heterocycles. The molecule has 2 rings (SSSR count). The zero-order valence-corrected chi connectivity index (χ0v) is 9.45. The van der Waals surface area contributed by atoms with Crippen LogP contribution in [0.15, 0.2) is 29.1 Å². The molecule has 0 fully saturated rings. The first kappa shape index (κ1) is 10.9. The third kappa shape index (κ3) is 1.86. The van der Waals surface area contributed by atoms with Crippen molar-refractivity contribution in [3.63, 3.8) is 0 Å². The molecule has 0 saturated heterocycles. The Labute approximate surface area is 93.7 Å². The molecule has 2 aromatic rings. The zero-order chi connectivity index (χ0) is 11.7. The Kier molecular flexibility index (Phi) is 2.79. The summed E-state index contributed by atoms with van der Waals surface area (Å²) in [6, 6.07) is 7.73. The van der Waals surface area contributed by atoms with Crippen LogP contribution in [-0.4, -0.2) is 10.1 Å². The summed E-state index contributed by atoms with van der Waals surface area (Å²) >= 11 is 0. The number of hydrogen-bond donors (Lipinski definition) is 2. The summed E-state index contributed by atoms with van der Waals surface area (Å²) in [6.45, 7) is 4.02. The average Bonchev–Trinajstić information content (AvgIpc) is 2.27. The number of benzene rings is 1. The number of hydrogen-bond acceptors (Lipinski definition) is 2. The highest BCUT2D eigenvalue weighted by Gasteiger charge is 2.04. The molecule has 0 saturated carbocycles. The van der Waals surface area contributed by atoms with Crippen molar-refractivity contribution >= 4 is 10.9 Å². The maximum Gasteiger partial charge on any atom is 0.253 e. The number of aliphatic hydroxyl groups is 1. The summed E-state index contributed by atoms with van der Waals surface area (Å²) in [7, 11) is 0. The van der Waals surface area contributed by atoms with Gasteiger partial charge in [-0.2, -0.15) is 0 Å². The predicted molar refractivity (Wildman–Crippen MR) is 64.6 cm³/mol. The third-order valence-corrected chi connectivity index (χ3v) is 2.78. The number of aromatic amines is 1. The number of fused-ring (bicyclic) bond motifs is 1. The first-order valence-corrected chi connectivity index (χ1v) is 5.38. The van der Waals surface area contributed by atoms with Crippen LogP contribution in [0.1, 0.15) is 30.9 Å². The number of nitrogens with one attached hydrogen (secondary N) is 1. The number of rotatable bonds is 2.